The molecule has 0 aromatic heterocycles. The number of methoxy groups -OCH3 is 1. The van der Waals surface area contributed by atoms with Gasteiger partial charge >= 0.3 is 18.0 Å². The van der Waals surface area contributed by atoms with E-state index in [0.717, 1.165) is 5.56 Å². The zero-order valence-corrected chi connectivity index (χ0v) is 24.9. The van der Waals surface area contributed by atoms with Gasteiger partial charge in [-0.1, -0.05) is 11.6 Å². The van der Waals surface area contributed by atoms with Crippen LogP contribution in [0, 0.1) is 0 Å². The Bertz CT molecular complexity index is 1230. The van der Waals surface area contributed by atoms with Gasteiger partial charge in [-0.2, -0.15) is 0 Å². The van der Waals surface area contributed by atoms with Gasteiger partial charge in [-0.05, 0) is 33.3 Å². The zero-order chi connectivity index (χ0) is 31.4. The van der Waals surface area contributed by atoms with Gasteiger partial charge in [-0.25, -0.2) is 14.4 Å². The number of carbonyl (C=O) groups excluding carboxylic acids is 3. The second-order valence-corrected chi connectivity index (χ2v) is 11.3. The van der Waals surface area contributed by atoms with Crippen molar-refractivity contribution in [2.24, 2.45) is 0 Å². The third-order valence-electron chi connectivity index (χ3n) is 7.47. The summed E-state index contributed by atoms with van der Waals surface area (Å²) in [4.78, 5) is 61.9. The van der Waals surface area contributed by atoms with Crippen molar-refractivity contribution < 1.29 is 43.7 Å². The molecule has 0 aliphatic carbocycles. The van der Waals surface area contributed by atoms with Gasteiger partial charge in [-0.3, -0.25) is 9.59 Å². The van der Waals surface area contributed by atoms with E-state index < -0.39 is 17.5 Å². The Balaban J connectivity index is 0.000000730. The molecule has 2 fully saturated rings. The third-order valence-corrected chi connectivity index (χ3v) is 7.78. The fraction of sp³-hybridized carbons (Fsp3) is 0.593. The summed E-state index contributed by atoms with van der Waals surface area (Å²) in [7, 11) is 1.57. The molecule has 4 amide bonds. The maximum Gasteiger partial charge on any atom is 0.414 e. The molecule has 0 bridgehead atoms. The smallest absolute Gasteiger partial charge is 0.414 e. The predicted octanol–water partition coefficient (Wildman–Crippen LogP) is 1.28. The molecule has 0 spiro atoms. The van der Waals surface area contributed by atoms with Crippen molar-refractivity contribution in [1.82, 2.24) is 20.0 Å². The molecule has 0 unspecified atom stereocenters. The van der Waals surface area contributed by atoms with E-state index in [0.29, 0.717) is 74.1 Å². The number of carboxylic acid groups (broad SMARTS) is 2. The molecule has 2 atom stereocenters. The van der Waals surface area contributed by atoms with Gasteiger partial charge in [0.1, 0.15) is 11.4 Å². The molecule has 232 valence electrons. The lowest BCUT2D eigenvalue weighted by molar-refractivity contribution is -0.159. The molecule has 2 saturated heterocycles. The van der Waals surface area contributed by atoms with Gasteiger partial charge < -0.3 is 45.4 Å². The van der Waals surface area contributed by atoms with Gasteiger partial charge in [0.2, 0.25) is 5.91 Å². The summed E-state index contributed by atoms with van der Waals surface area (Å²) < 4.78 is 11.7. The number of benzene rings is 1. The summed E-state index contributed by atoms with van der Waals surface area (Å²) in [6, 6.07) is 1.25. The first-order valence-electron chi connectivity index (χ1n) is 13.6. The summed E-state index contributed by atoms with van der Waals surface area (Å²) in [5, 5.41) is 18.2. The number of rotatable bonds is 7. The number of carbonyl (C=O) groups is 5. The first-order valence-corrected chi connectivity index (χ1v) is 14.0. The number of aliphatic carboxylic acids is 2. The number of urea groups is 1. The van der Waals surface area contributed by atoms with Crippen LogP contribution in [-0.4, -0.2) is 119 Å². The second-order valence-electron chi connectivity index (χ2n) is 10.9. The number of nitrogens with zero attached hydrogens (tertiary/aromatic N) is 3. The number of nitrogens with two attached hydrogens (primary N) is 1. The summed E-state index contributed by atoms with van der Waals surface area (Å²) in [5.74, 6) is -3.52. The highest BCUT2D eigenvalue weighted by atomic mass is 35.5. The van der Waals surface area contributed by atoms with Crippen LogP contribution in [0.5, 0.6) is 5.75 Å². The monoisotopic (exact) mass is 611 g/mol. The lowest BCUT2D eigenvalue weighted by Crippen LogP contribution is -2.56. The van der Waals surface area contributed by atoms with Crippen LogP contribution in [0.15, 0.2) is 6.07 Å². The lowest BCUT2D eigenvalue weighted by Gasteiger charge is -2.38. The van der Waals surface area contributed by atoms with Gasteiger partial charge in [0.25, 0.3) is 5.91 Å². The molecule has 3 aliphatic heterocycles. The van der Waals surface area contributed by atoms with E-state index in [9.17, 15) is 14.4 Å². The highest BCUT2D eigenvalue weighted by Gasteiger charge is 2.38. The fourth-order valence-corrected chi connectivity index (χ4v) is 5.44. The Labute approximate surface area is 248 Å². The minimum absolute atomic E-state index is 0.0110. The van der Waals surface area contributed by atoms with E-state index in [2.05, 4.69) is 5.32 Å². The number of hydrogen-bond donors (Lipinski definition) is 4. The topological polar surface area (TPSA) is 192 Å². The number of likely N-dealkylation sites (N-methyl/N-ethyl adjacent to an activating group) is 1. The molecule has 1 aromatic carbocycles. The Morgan fingerprint density at radius 1 is 1.17 bits per heavy atom. The number of ether oxygens (including phenoxy) is 2. The third kappa shape index (κ3) is 7.53. The van der Waals surface area contributed by atoms with Crippen molar-refractivity contribution in [3.05, 3.63) is 22.2 Å². The standard InChI is InChI=1S/C25H36ClN5O5.C2H2O4/c1-5-29-10-11-30(24(29)34)9-7-20(32)31-8-6-18(19(14-31)35-4)28-23(33)15-12-17(26)21(27)16-13-25(2,3)36-22(15)16;3-1(4)2(5)6/h12,18-19H,5-11,13-14,27H2,1-4H3,(H,28,33);(H,3,4)(H,5,6)/t18-,19+;/m1./s1. The van der Waals surface area contributed by atoms with Crippen LogP contribution in [0.2, 0.25) is 5.02 Å². The van der Waals surface area contributed by atoms with E-state index in [1.165, 1.54) is 0 Å². The van der Waals surface area contributed by atoms with Crippen molar-refractivity contribution in [3.63, 3.8) is 0 Å². The van der Waals surface area contributed by atoms with Crippen LogP contribution < -0.4 is 15.8 Å². The van der Waals surface area contributed by atoms with Crippen LogP contribution in [0.4, 0.5) is 10.5 Å². The molecular formula is C27H38ClN5O9. The molecule has 3 aliphatic rings. The van der Waals surface area contributed by atoms with Crippen molar-refractivity contribution in [2.75, 3.05) is 52.1 Å². The zero-order valence-electron chi connectivity index (χ0n) is 24.1. The van der Waals surface area contributed by atoms with Crippen molar-refractivity contribution in [1.29, 1.82) is 0 Å². The van der Waals surface area contributed by atoms with Crippen LogP contribution in [0.1, 0.15) is 49.5 Å². The first kappa shape index (κ1) is 32.7. The number of nitrogen functional groups attached to an aromatic ring is 1. The predicted molar refractivity (Wildman–Crippen MR) is 152 cm³/mol. The van der Waals surface area contributed by atoms with Gasteiger partial charge in [0.05, 0.1) is 28.4 Å². The maximum atomic E-state index is 13.3. The van der Waals surface area contributed by atoms with E-state index in [-0.39, 0.29) is 36.4 Å². The molecule has 15 heteroatoms. The number of piperidine rings is 1. The molecule has 4 rings (SSSR count). The Kier molecular flexibility index (Phi) is 10.5. The van der Waals surface area contributed by atoms with Gasteiger partial charge in [-0.15, -0.1) is 0 Å². The molecule has 1 aromatic rings. The minimum atomic E-state index is -1.82. The summed E-state index contributed by atoms with van der Waals surface area (Å²) in [6.07, 6.45) is 1.00. The summed E-state index contributed by atoms with van der Waals surface area (Å²) in [6.45, 7) is 9.10. The van der Waals surface area contributed by atoms with Crippen LogP contribution in [0.25, 0.3) is 0 Å². The normalized spacial score (nSPS) is 20.8. The lowest BCUT2D eigenvalue weighted by atomic mass is 9.97. The van der Waals surface area contributed by atoms with E-state index in [1.807, 2.05) is 20.8 Å². The number of likely N-dealkylation sites (tertiary alicyclic amines) is 1. The molecule has 42 heavy (non-hydrogen) atoms. The van der Waals surface area contributed by atoms with E-state index in [1.54, 1.807) is 27.9 Å². The number of nitrogens with one attached hydrogen (secondary N) is 1. The summed E-state index contributed by atoms with van der Waals surface area (Å²) >= 11 is 6.33. The van der Waals surface area contributed by atoms with Crippen molar-refractivity contribution in [3.8, 4) is 5.75 Å². The second kappa shape index (κ2) is 13.5. The first-order chi connectivity index (χ1) is 19.7. The fourth-order valence-electron chi connectivity index (χ4n) is 5.21. The number of amides is 4. The number of carboxylic acids is 2. The number of hydrogen-bond acceptors (Lipinski definition) is 8. The van der Waals surface area contributed by atoms with Crippen molar-refractivity contribution in [2.45, 2.75) is 57.8 Å². The maximum absolute atomic E-state index is 13.3. The van der Waals surface area contributed by atoms with Crippen LogP contribution in [-0.2, 0) is 25.5 Å². The Morgan fingerprint density at radius 3 is 2.38 bits per heavy atom. The quantitative estimate of drug-likeness (QED) is 0.258. The SMILES string of the molecule is CCN1CCN(CCC(=O)N2CC[C@@H](NC(=O)c3cc(Cl)c(N)c4c3OC(C)(C)C4)[C@@H](OC)C2)C1=O.O=C(O)C(=O)O. The van der Waals surface area contributed by atoms with Gasteiger partial charge in [0, 0.05) is 64.8 Å². The molecule has 0 saturated carbocycles. The van der Waals surface area contributed by atoms with Crippen LogP contribution in [0.3, 0.4) is 0 Å². The molecular weight excluding hydrogens is 574 g/mol. The Morgan fingerprint density at radius 2 is 1.81 bits per heavy atom. The number of fused-ring (bicyclic) bond motifs is 1. The minimum Gasteiger partial charge on any atom is -0.486 e. The highest BCUT2D eigenvalue weighted by molar-refractivity contribution is 6.34. The average Bonchev–Trinajstić information content (AvgIpc) is 3.47. The average molecular weight is 612 g/mol. The molecule has 5 N–H and O–H groups in total. The summed E-state index contributed by atoms with van der Waals surface area (Å²) in [5.41, 5.74) is 7.21. The van der Waals surface area contributed by atoms with Gasteiger partial charge in [0.15, 0.2) is 0 Å². The highest BCUT2D eigenvalue weighted by Crippen LogP contribution is 2.44. The van der Waals surface area contributed by atoms with Crippen molar-refractivity contribution >= 4 is 47.1 Å². The van der Waals surface area contributed by atoms with E-state index >= 15 is 0 Å². The van der Waals surface area contributed by atoms with Crippen LogP contribution >= 0.6 is 11.6 Å². The Hall–Kier alpha value is -3.78. The molecule has 3 heterocycles. The van der Waals surface area contributed by atoms with E-state index in [4.69, 9.17) is 46.6 Å². The number of halogens is 1. The molecule has 0 radical (unpaired) electrons. The largest absolute Gasteiger partial charge is 0.486 e. The number of anilines is 1. The molecule has 14 nitrogen and oxygen atoms in total.